The lowest BCUT2D eigenvalue weighted by atomic mass is 9.57. The number of hydrogen-bond donors (Lipinski definition) is 1. The molecule has 5 atom stereocenters. The van der Waals surface area contributed by atoms with E-state index in [2.05, 4.69) is 64.1 Å². The molecule has 0 spiro atoms. The Morgan fingerprint density at radius 2 is 1.54 bits per heavy atom. The zero-order valence-electron chi connectivity index (χ0n) is 17.7. The van der Waals surface area contributed by atoms with Crippen LogP contribution in [0.4, 0.5) is 0 Å². The molecule has 2 aliphatic carbocycles. The molecule has 2 fully saturated rings. The van der Waals surface area contributed by atoms with Crippen molar-refractivity contribution in [3.05, 3.63) is 59.7 Å². The molecule has 2 nitrogen and oxygen atoms in total. The maximum atomic E-state index is 9.75. The summed E-state index contributed by atoms with van der Waals surface area (Å²) in [4.78, 5) is 0. The van der Waals surface area contributed by atoms with E-state index in [1.807, 2.05) is 12.1 Å². The number of hydrogen-bond acceptors (Lipinski definition) is 2. The first-order chi connectivity index (χ1) is 13.4. The smallest absolute Gasteiger partial charge is 0.119 e. The van der Waals surface area contributed by atoms with Crippen molar-refractivity contribution in [1.82, 2.24) is 0 Å². The first kappa shape index (κ1) is 19.4. The molecule has 1 N–H and O–H groups in total. The Kier molecular flexibility index (Phi) is 5.16. The highest BCUT2D eigenvalue weighted by Crippen LogP contribution is 2.62. The molecule has 5 unspecified atom stereocenters. The summed E-state index contributed by atoms with van der Waals surface area (Å²) in [5, 5.41) is 9.75. The molecule has 150 valence electrons. The van der Waals surface area contributed by atoms with Gasteiger partial charge >= 0.3 is 0 Å². The minimum atomic E-state index is 0.198. The molecule has 2 saturated carbocycles. The fourth-order valence-electron chi connectivity index (χ4n) is 5.86. The second-order valence-corrected chi connectivity index (χ2v) is 9.66. The summed E-state index contributed by atoms with van der Waals surface area (Å²) in [7, 11) is 0. The molecule has 2 aliphatic rings. The Bertz CT molecular complexity index is 792. The molecule has 0 radical (unpaired) electrons. The number of ether oxygens (including phenoxy) is 1. The highest BCUT2D eigenvalue weighted by atomic mass is 16.5. The van der Waals surface area contributed by atoms with Gasteiger partial charge < -0.3 is 9.84 Å². The minimum absolute atomic E-state index is 0.198. The van der Waals surface area contributed by atoms with Gasteiger partial charge in [0.05, 0.1) is 6.10 Å². The van der Waals surface area contributed by atoms with Gasteiger partial charge in [-0.05, 0) is 104 Å². The molecule has 28 heavy (non-hydrogen) atoms. The van der Waals surface area contributed by atoms with Crippen LogP contribution in [0.1, 0.15) is 76.3 Å². The van der Waals surface area contributed by atoms with Crippen molar-refractivity contribution in [2.75, 3.05) is 0 Å². The normalized spacial score (nSPS) is 32.3. The summed E-state index contributed by atoms with van der Waals surface area (Å²) in [5.41, 5.74) is 3.23. The molecular weight excluding hydrogens is 344 g/mol. The van der Waals surface area contributed by atoms with E-state index < -0.39 is 0 Å². The summed E-state index contributed by atoms with van der Waals surface area (Å²) in [5.74, 6) is 3.94. The fourth-order valence-corrected chi connectivity index (χ4v) is 5.86. The summed E-state index contributed by atoms with van der Waals surface area (Å²) >= 11 is 0. The minimum Gasteiger partial charge on any atom is -0.508 e. The molecule has 2 aromatic carbocycles. The van der Waals surface area contributed by atoms with Gasteiger partial charge in [0.25, 0.3) is 0 Å². The largest absolute Gasteiger partial charge is 0.508 e. The third-order valence-corrected chi connectivity index (χ3v) is 7.69. The van der Waals surface area contributed by atoms with Crippen molar-refractivity contribution < 1.29 is 9.84 Å². The van der Waals surface area contributed by atoms with Crippen LogP contribution in [0.15, 0.2) is 48.5 Å². The second-order valence-electron chi connectivity index (χ2n) is 9.66. The van der Waals surface area contributed by atoms with Gasteiger partial charge in [0.2, 0.25) is 0 Å². The zero-order valence-corrected chi connectivity index (χ0v) is 17.7. The molecule has 0 aromatic heterocycles. The van der Waals surface area contributed by atoms with Crippen molar-refractivity contribution in [2.45, 2.75) is 71.3 Å². The van der Waals surface area contributed by atoms with Crippen LogP contribution in [-0.2, 0) is 0 Å². The first-order valence-electron chi connectivity index (χ1n) is 10.9. The van der Waals surface area contributed by atoms with E-state index in [4.69, 9.17) is 4.74 Å². The number of phenolic OH excluding ortho intramolecular Hbond substituents is 1. The van der Waals surface area contributed by atoms with E-state index in [9.17, 15) is 5.11 Å². The van der Waals surface area contributed by atoms with E-state index in [-0.39, 0.29) is 6.10 Å². The lowest BCUT2D eigenvalue weighted by molar-refractivity contribution is 0.0800. The maximum absolute atomic E-state index is 9.75. The van der Waals surface area contributed by atoms with Gasteiger partial charge in [-0.15, -0.1) is 0 Å². The summed E-state index contributed by atoms with van der Waals surface area (Å²) in [6.07, 6.45) is 5.41. The van der Waals surface area contributed by atoms with Crippen LogP contribution in [0.25, 0.3) is 0 Å². The molecule has 0 bridgehead atoms. The lowest BCUT2D eigenvalue weighted by Crippen LogP contribution is -2.37. The van der Waals surface area contributed by atoms with Gasteiger partial charge in [0, 0.05) is 0 Å². The number of aromatic hydroxyl groups is 1. The highest BCUT2D eigenvalue weighted by molar-refractivity contribution is 5.36. The Labute approximate surface area is 169 Å². The molecule has 0 saturated heterocycles. The van der Waals surface area contributed by atoms with Crippen LogP contribution < -0.4 is 4.74 Å². The average Bonchev–Trinajstić information content (AvgIpc) is 2.96. The van der Waals surface area contributed by atoms with Crippen LogP contribution in [0.2, 0.25) is 0 Å². The average molecular weight is 379 g/mol. The van der Waals surface area contributed by atoms with Crippen molar-refractivity contribution in [3.63, 3.8) is 0 Å². The van der Waals surface area contributed by atoms with Crippen molar-refractivity contribution >= 4 is 0 Å². The standard InChI is InChI=1S/C26H34O2/c1-17(2)28-23-13-8-20(9-14-23)25-16-26(4)18(3)5-10-21(26)15-24(25)19-6-11-22(27)12-7-19/h6-9,11-14,17-18,21,24-25,27H,5,10,15-16H2,1-4H3. The van der Waals surface area contributed by atoms with Crippen molar-refractivity contribution in [2.24, 2.45) is 17.3 Å². The van der Waals surface area contributed by atoms with Crippen molar-refractivity contribution in [3.8, 4) is 11.5 Å². The van der Waals surface area contributed by atoms with Crippen LogP contribution in [-0.4, -0.2) is 11.2 Å². The topological polar surface area (TPSA) is 29.5 Å². The van der Waals surface area contributed by atoms with E-state index in [1.54, 1.807) is 0 Å². The predicted octanol–water partition coefficient (Wildman–Crippen LogP) is 6.89. The molecular formula is C26H34O2. The number of benzene rings is 2. The van der Waals surface area contributed by atoms with E-state index in [0.717, 1.165) is 17.6 Å². The fraction of sp³-hybridized carbons (Fsp3) is 0.538. The third-order valence-electron chi connectivity index (χ3n) is 7.69. The van der Waals surface area contributed by atoms with Gasteiger partial charge in [-0.1, -0.05) is 38.1 Å². The quantitative estimate of drug-likeness (QED) is 0.627. The Morgan fingerprint density at radius 1 is 0.929 bits per heavy atom. The van der Waals surface area contributed by atoms with Gasteiger partial charge in [0.1, 0.15) is 11.5 Å². The van der Waals surface area contributed by atoms with E-state index in [1.165, 1.54) is 36.8 Å². The maximum Gasteiger partial charge on any atom is 0.119 e. The van der Waals surface area contributed by atoms with Crippen LogP contribution >= 0.6 is 0 Å². The third kappa shape index (κ3) is 3.54. The van der Waals surface area contributed by atoms with Gasteiger partial charge in [-0.25, -0.2) is 0 Å². The highest BCUT2D eigenvalue weighted by Gasteiger charge is 2.51. The van der Waals surface area contributed by atoms with Gasteiger partial charge in [-0.2, -0.15) is 0 Å². The Hall–Kier alpha value is -1.96. The monoisotopic (exact) mass is 378 g/mol. The lowest BCUT2D eigenvalue weighted by Gasteiger charge is -2.48. The van der Waals surface area contributed by atoms with Crippen molar-refractivity contribution in [1.29, 1.82) is 0 Å². The molecule has 4 rings (SSSR count). The number of phenols is 1. The second kappa shape index (κ2) is 7.46. The number of rotatable bonds is 4. The Morgan fingerprint density at radius 3 is 2.18 bits per heavy atom. The van der Waals surface area contributed by atoms with Gasteiger partial charge in [0.15, 0.2) is 0 Å². The summed E-state index contributed by atoms with van der Waals surface area (Å²) < 4.78 is 5.86. The SMILES string of the molecule is CC(C)Oc1ccc(C2CC3(C)C(C)CCC3CC2c2ccc(O)cc2)cc1. The van der Waals surface area contributed by atoms with E-state index >= 15 is 0 Å². The number of fused-ring (bicyclic) bond motifs is 1. The predicted molar refractivity (Wildman–Crippen MR) is 115 cm³/mol. The zero-order chi connectivity index (χ0) is 19.9. The molecule has 2 heteroatoms. The van der Waals surface area contributed by atoms with Gasteiger partial charge in [-0.3, -0.25) is 0 Å². The van der Waals surface area contributed by atoms with Crippen LogP contribution in [0.3, 0.4) is 0 Å². The van der Waals surface area contributed by atoms with Crippen LogP contribution in [0, 0.1) is 17.3 Å². The van der Waals surface area contributed by atoms with E-state index in [0.29, 0.717) is 23.0 Å². The molecule has 2 aromatic rings. The van der Waals surface area contributed by atoms with Crippen LogP contribution in [0.5, 0.6) is 11.5 Å². The summed E-state index contributed by atoms with van der Waals surface area (Å²) in [6.45, 7) is 9.12. The molecule has 0 aliphatic heterocycles. The first-order valence-corrected chi connectivity index (χ1v) is 10.9. The molecule has 0 amide bonds. The summed E-state index contributed by atoms with van der Waals surface area (Å²) in [6, 6.07) is 16.8. The molecule has 0 heterocycles. The Balaban J connectivity index is 1.68.